The van der Waals surface area contributed by atoms with Gasteiger partial charge in [-0.05, 0) is 31.5 Å². The van der Waals surface area contributed by atoms with Gasteiger partial charge in [-0.3, -0.25) is 9.59 Å². The fourth-order valence-corrected chi connectivity index (χ4v) is 4.71. The molecule has 2 aromatic rings. The highest BCUT2D eigenvalue weighted by Gasteiger charge is 2.47. The summed E-state index contributed by atoms with van der Waals surface area (Å²) >= 11 is 0. The number of aliphatic hydroxyl groups excluding tert-OH is 4. The van der Waals surface area contributed by atoms with Crippen molar-refractivity contribution in [3.63, 3.8) is 0 Å². The van der Waals surface area contributed by atoms with E-state index in [-0.39, 0.29) is 6.61 Å². The first kappa shape index (κ1) is 32.6. The van der Waals surface area contributed by atoms with Crippen LogP contribution in [0.2, 0.25) is 0 Å². The van der Waals surface area contributed by atoms with Gasteiger partial charge in [-0.25, -0.2) is 4.79 Å². The number of ether oxygens (including phenoxy) is 4. The van der Waals surface area contributed by atoms with E-state index in [4.69, 9.17) is 23.4 Å². The third-order valence-corrected chi connectivity index (χ3v) is 7.40. The van der Waals surface area contributed by atoms with Crippen molar-refractivity contribution >= 4 is 22.8 Å². The number of fused-ring (bicyclic) bond motifs is 1. The van der Waals surface area contributed by atoms with E-state index in [0.29, 0.717) is 16.5 Å². The smallest absolute Gasteiger partial charge is 0.336 e. The maximum atomic E-state index is 13.2. The number of hydrogen-bond donors (Lipinski definition) is 5. The highest BCUT2D eigenvalue weighted by Crippen LogP contribution is 2.30. The van der Waals surface area contributed by atoms with Crippen LogP contribution in [0.15, 0.2) is 39.5 Å². The molecule has 1 aliphatic rings. The predicted octanol–water partition coefficient (Wildman–Crippen LogP) is -0.167. The molecule has 1 aromatic heterocycles. The Bertz CT molecular complexity index is 1230. The lowest BCUT2D eigenvalue weighted by Gasteiger charge is -2.45. The minimum absolute atomic E-state index is 0.193. The van der Waals surface area contributed by atoms with E-state index < -0.39 is 84.9 Å². The summed E-state index contributed by atoms with van der Waals surface area (Å²) in [7, 11) is 1.34. The third-order valence-electron chi connectivity index (χ3n) is 7.40. The van der Waals surface area contributed by atoms with Gasteiger partial charge in [0, 0.05) is 31.4 Å². The Kier molecular flexibility index (Phi) is 11.4. The van der Waals surface area contributed by atoms with Crippen LogP contribution >= 0.6 is 0 Å². The molecule has 10 atom stereocenters. The summed E-state index contributed by atoms with van der Waals surface area (Å²) in [6.07, 6.45) is -9.01. The largest absolute Gasteiger partial charge is 0.461 e. The second-order valence-electron chi connectivity index (χ2n) is 10.3. The molecule has 1 fully saturated rings. The van der Waals surface area contributed by atoms with Gasteiger partial charge in [0.1, 0.15) is 36.6 Å². The molecule has 1 aliphatic heterocycles. The van der Waals surface area contributed by atoms with E-state index in [0.717, 1.165) is 0 Å². The normalized spacial score (nSPS) is 26.5. The molecule has 41 heavy (non-hydrogen) atoms. The Morgan fingerprint density at radius 1 is 1.12 bits per heavy atom. The van der Waals surface area contributed by atoms with Gasteiger partial charge >= 0.3 is 11.6 Å². The fourth-order valence-electron chi connectivity index (χ4n) is 4.71. The predicted molar refractivity (Wildman–Crippen MR) is 143 cm³/mol. The van der Waals surface area contributed by atoms with E-state index >= 15 is 0 Å². The van der Waals surface area contributed by atoms with E-state index in [2.05, 4.69) is 5.32 Å². The number of amides is 1. The summed E-state index contributed by atoms with van der Waals surface area (Å²) in [4.78, 5) is 36.7. The average molecular weight is 582 g/mol. The van der Waals surface area contributed by atoms with Crippen LogP contribution in [0.5, 0.6) is 0 Å². The summed E-state index contributed by atoms with van der Waals surface area (Å²) in [6.45, 7) is 5.09. The van der Waals surface area contributed by atoms with Crippen LogP contribution in [0.3, 0.4) is 0 Å². The Balaban J connectivity index is 1.84. The first-order valence-electron chi connectivity index (χ1n) is 13.3. The van der Waals surface area contributed by atoms with Gasteiger partial charge in [-0.15, -0.1) is 0 Å². The van der Waals surface area contributed by atoms with E-state index in [9.17, 15) is 34.8 Å². The molecule has 1 aromatic carbocycles. The van der Waals surface area contributed by atoms with Crippen LogP contribution in [0.4, 0.5) is 0 Å². The summed E-state index contributed by atoms with van der Waals surface area (Å²) in [5, 5.41) is 45.4. The highest BCUT2D eigenvalue weighted by molar-refractivity contribution is 5.77. The van der Waals surface area contributed by atoms with Gasteiger partial charge in [0.15, 0.2) is 6.29 Å². The van der Waals surface area contributed by atoms with Crippen molar-refractivity contribution in [1.29, 1.82) is 0 Å². The lowest BCUT2D eigenvalue weighted by molar-refractivity contribution is -0.289. The molecule has 0 saturated carbocycles. The van der Waals surface area contributed by atoms with Crippen LogP contribution in [0, 0.1) is 11.8 Å². The van der Waals surface area contributed by atoms with Gasteiger partial charge in [0.2, 0.25) is 5.91 Å². The molecule has 5 N–H and O–H groups in total. The van der Waals surface area contributed by atoms with Gasteiger partial charge < -0.3 is 49.1 Å². The molecule has 1 saturated heterocycles. The molecular formula is C28H39NO12. The Hall–Kier alpha value is -2.91. The maximum absolute atomic E-state index is 13.2. The minimum Gasteiger partial charge on any atom is -0.461 e. The number of nitrogens with one attached hydrogen (secondary N) is 1. The molecule has 1 amide bonds. The lowest BCUT2D eigenvalue weighted by Crippen LogP contribution is -2.63. The molecular weight excluding hydrogens is 542 g/mol. The first-order chi connectivity index (χ1) is 19.4. The molecule has 0 spiro atoms. The number of esters is 1. The van der Waals surface area contributed by atoms with Crippen LogP contribution < -0.4 is 10.9 Å². The van der Waals surface area contributed by atoms with Gasteiger partial charge in [0.25, 0.3) is 0 Å². The number of methoxy groups -OCH3 is 1. The lowest BCUT2D eigenvalue weighted by atomic mass is 9.88. The molecule has 13 heteroatoms. The van der Waals surface area contributed by atoms with Crippen molar-refractivity contribution in [1.82, 2.24) is 5.32 Å². The van der Waals surface area contributed by atoms with Gasteiger partial charge in [-0.2, -0.15) is 0 Å². The number of hydrogen-bond acceptors (Lipinski definition) is 12. The zero-order valence-electron chi connectivity index (χ0n) is 23.6. The quantitative estimate of drug-likeness (QED) is 0.164. The Labute approximate surface area is 237 Å². The number of benzene rings is 1. The molecule has 0 aliphatic carbocycles. The Morgan fingerprint density at radius 3 is 2.44 bits per heavy atom. The van der Waals surface area contributed by atoms with Crippen LogP contribution in [-0.4, -0.2) is 95.0 Å². The van der Waals surface area contributed by atoms with Crippen molar-refractivity contribution in [2.24, 2.45) is 11.8 Å². The minimum atomic E-state index is -1.68. The van der Waals surface area contributed by atoms with Crippen molar-refractivity contribution in [2.45, 2.75) is 83.3 Å². The standard InChI is InChI=1S/C28H39NO12/c1-13-22(29-16(4)31)28(40-20(11-30)23(13)33)41-26(25(35)24(34)15(3)37-5)14(2)27(36)38-12-17-6-7-18-8-9-21(32)39-19(18)10-17/h6-10,13-15,20,22-26,28,30,33-35H,11-12H2,1-5H3,(H,29,31)/t13?,14-,15?,20?,22+,23?,24?,25?,26?,28?/m1/s1. The topological polar surface area (TPSA) is 194 Å². The monoisotopic (exact) mass is 581 g/mol. The van der Waals surface area contributed by atoms with Gasteiger partial charge in [0.05, 0.1) is 30.8 Å². The first-order valence-corrected chi connectivity index (χ1v) is 13.3. The maximum Gasteiger partial charge on any atom is 0.336 e. The van der Waals surface area contributed by atoms with Crippen molar-refractivity contribution in [2.75, 3.05) is 13.7 Å². The van der Waals surface area contributed by atoms with Gasteiger partial charge in [-0.1, -0.05) is 19.1 Å². The summed E-state index contributed by atoms with van der Waals surface area (Å²) < 4.78 is 27.6. The number of rotatable bonds is 12. The van der Waals surface area contributed by atoms with E-state index in [1.807, 2.05) is 0 Å². The zero-order chi connectivity index (χ0) is 30.4. The second kappa shape index (κ2) is 14.3. The van der Waals surface area contributed by atoms with Crippen LogP contribution in [0.1, 0.15) is 33.3 Å². The zero-order valence-corrected chi connectivity index (χ0v) is 23.6. The molecule has 2 heterocycles. The van der Waals surface area contributed by atoms with Crippen molar-refractivity contribution in [3.05, 3.63) is 46.3 Å². The van der Waals surface area contributed by atoms with Crippen LogP contribution in [0.25, 0.3) is 11.0 Å². The molecule has 13 nitrogen and oxygen atoms in total. The van der Waals surface area contributed by atoms with E-state index in [1.54, 1.807) is 31.2 Å². The molecule has 8 unspecified atom stereocenters. The molecule has 3 rings (SSSR count). The van der Waals surface area contributed by atoms with E-state index in [1.165, 1.54) is 33.9 Å². The number of aliphatic hydroxyl groups is 4. The molecule has 228 valence electrons. The van der Waals surface area contributed by atoms with Crippen LogP contribution in [-0.2, 0) is 35.1 Å². The van der Waals surface area contributed by atoms with Crippen molar-refractivity contribution in [3.8, 4) is 0 Å². The SMILES string of the molecule is COC(C)C(O)C(O)C(OC1OC(CO)C(O)C(C)[C@@H]1NC(C)=O)[C@@H](C)C(=O)OCc1ccc2ccc(=O)oc2c1. The van der Waals surface area contributed by atoms with Crippen molar-refractivity contribution < 1.29 is 53.4 Å². The molecule has 0 radical (unpaired) electrons. The summed E-state index contributed by atoms with van der Waals surface area (Å²) in [6, 6.07) is 6.95. The number of carbonyl (C=O) groups is 2. The second-order valence-corrected chi connectivity index (χ2v) is 10.3. The third kappa shape index (κ3) is 7.89. The molecule has 0 bridgehead atoms. The summed E-state index contributed by atoms with van der Waals surface area (Å²) in [5.74, 6) is -3.07. The Morgan fingerprint density at radius 2 is 1.80 bits per heavy atom. The number of carbonyl (C=O) groups excluding carboxylic acids is 2. The summed E-state index contributed by atoms with van der Waals surface area (Å²) in [5.41, 5.74) is 0.333. The fraction of sp³-hybridized carbons (Fsp3) is 0.607. The average Bonchev–Trinajstić information content (AvgIpc) is 2.95. The highest BCUT2D eigenvalue weighted by atomic mass is 16.7.